The number of halogens is 4. The molecule has 0 aromatic heterocycles. The zero-order valence-corrected chi connectivity index (χ0v) is 12.0. The van der Waals surface area contributed by atoms with Crippen molar-refractivity contribution in [3.63, 3.8) is 0 Å². The number of rotatable bonds is 0. The van der Waals surface area contributed by atoms with Gasteiger partial charge in [0.25, 0.3) is 0 Å². The molecule has 0 bridgehead atoms. The van der Waals surface area contributed by atoms with Crippen molar-refractivity contribution < 1.29 is 12.3 Å². The summed E-state index contributed by atoms with van der Waals surface area (Å²) in [5.41, 5.74) is 0. The summed E-state index contributed by atoms with van der Waals surface area (Å²) in [6.45, 7) is 0. The molecule has 0 aliphatic rings. The normalized spacial score (nSPS) is 7.56. The molecule has 0 heterocycles. The van der Waals surface area contributed by atoms with Gasteiger partial charge in [-0.2, -0.15) is 0 Å². The van der Waals surface area contributed by atoms with Crippen LogP contribution in [0, 0.1) is 0 Å². The SMILES string of the molecule is O=I(=O)Cl.O=I(=O)Cl.[Na]. The van der Waals surface area contributed by atoms with Crippen molar-refractivity contribution >= 4 is 84.7 Å². The Morgan fingerprint density at radius 1 is 0.778 bits per heavy atom. The van der Waals surface area contributed by atoms with Crippen molar-refractivity contribution in [2.24, 2.45) is 0 Å². The molecule has 0 rings (SSSR count). The van der Waals surface area contributed by atoms with E-state index in [1.807, 2.05) is 0 Å². The zero-order valence-electron chi connectivity index (χ0n) is 4.14. The van der Waals surface area contributed by atoms with Gasteiger partial charge < -0.3 is 0 Å². The molecule has 53 valence electrons. The van der Waals surface area contributed by atoms with Crippen LogP contribution in [-0.4, -0.2) is 29.6 Å². The first kappa shape index (κ1) is 17.4. The van der Waals surface area contributed by atoms with Crippen LogP contribution in [-0.2, 0) is 12.3 Å². The molecule has 4 nitrogen and oxygen atoms in total. The van der Waals surface area contributed by atoms with Gasteiger partial charge in [-0.05, 0) is 0 Å². The summed E-state index contributed by atoms with van der Waals surface area (Å²) in [7, 11) is 8.64. The van der Waals surface area contributed by atoms with E-state index in [0.29, 0.717) is 0 Å². The molecular formula is Cl2I2NaO4. The van der Waals surface area contributed by atoms with E-state index in [1.165, 1.54) is 0 Å². The van der Waals surface area contributed by atoms with E-state index in [9.17, 15) is 0 Å². The Balaban J connectivity index is -0.0000000720. The van der Waals surface area contributed by atoms with Crippen LogP contribution in [0.4, 0.5) is 0 Å². The molecule has 0 unspecified atom stereocenters. The molecule has 9 heteroatoms. The molecule has 0 aliphatic carbocycles. The largest absolute Gasteiger partial charge is 0.409 e. The van der Waals surface area contributed by atoms with E-state index < -0.39 is 37.3 Å². The van der Waals surface area contributed by atoms with Crippen LogP contribution in [0.2, 0.25) is 0 Å². The summed E-state index contributed by atoms with van der Waals surface area (Å²) in [6.07, 6.45) is 0. The molecule has 9 heavy (non-hydrogen) atoms. The molecule has 0 N–H and O–H groups in total. The molecule has 0 atom stereocenters. The third-order valence-electron chi connectivity index (χ3n) is 0. The van der Waals surface area contributed by atoms with Gasteiger partial charge in [-0.1, -0.05) is 0 Å². The van der Waals surface area contributed by atoms with Crippen LogP contribution >= 0.6 is 55.1 Å². The predicted molar refractivity (Wildman–Crippen MR) is 48.2 cm³/mol. The minimum absolute atomic E-state index is 0. The third kappa shape index (κ3) is 139. The van der Waals surface area contributed by atoms with Gasteiger partial charge in [0.15, 0.2) is 0 Å². The second-order valence-corrected chi connectivity index (χ2v) is 5.54. The molecule has 0 aromatic carbocycles. The second kappa shape index (κ2) is 12.9. The minimum atomic E-state index is -3.29. The van der Waals surface area contributed by atoms with Crippen LogP contribution < -0.4 is 0 Å². The molecule has 0 spiro atoms. The van der Waals surface area contributed by atoms with Crippen LogP contribution in [0.3, 0.4) is 0 Å². The van der Waals surface area contributed by atoms with Crippen molar-refractivity contribution in [2.75, 3.05) is 0 Å². The monoisotopic (exact) mass is 411 g/mol. The first-order chi connectivity index (χ1) is 3.46. The third-order valence-corrected chi connectivity index (χ3v) is 0. The Labute approximate surface area is 95.0 Å². The standard InChI is InChI=1S/2ClIO2.Na/c2*1-2(3)4;. The molecule has 0 fully saturated rings. The van der Waals surface area contributed by atoms with E-state index in [1.54, 1.807) is 0 Å². The fourth-order valence-corrected chi connectivity index (χ4v) is 0. The van der Waals surface area contributed by atoms with Gasteiger partial charge in [0.1, 0.15) is 0 Å². The Hall–Kier alpha value is 2.24. The van der Waals surface area contributed by atoms with Crippen molar-refractivity contribution in [3.8, 4) is 0 Å². The topological polar surface area (TPSA) is 68.3 Å². The van der Waals surface area contributed by atoms with E-state index in [4.69, 9.17) is 12.3 Å². The van der Waals surface area contributed by atoms with Gasteiger partial charge in [-0.3, -0.25) is 0 Å². The van der Waals surface area contributed by atoms with Crippen LogP contribution in [0.5, 0.6) is 0 Å². The van der Waals surface area contributed by atoms with Gasteiger partial charge in [0, 0.05) is 47.4 Å². The van der Waals surface area contributed by atoms with E-state index in [-0.39, 0.29) is 29.6 Å². The van der Waals surface area contributed by atoms with Crippen molar-refractivity contribution in [1.29, 1.82) is 0 Å². The summed E-state index contributed by atoms with van der Waals surface area (Å²) in [6, 6.07) is 0. The van der Waals surface area contributed by atoms with Crippen molar-refractivity contribution in [2.45, 2.75) is 0 Å². The maximum Gasteiger partial charge on any atom is 0.409 e. The zero-order chi connectivity index (χ0) is 7.15. The number of hydrogen-bond acceptors (Lipinski definition) is 4. The molecule has 0 saturated heterocycles. The maximum atomic E-state index is 8.89. The van der Waals surface area contributed by atoms with Crippen LogP contribution in [0.15, 0.2) is 0 Å². The van der Waals surface area contributed by atoms with Gasteiger partial charge in [0.05, 0.1) is 0 Å². The first-order valence-electron chi connectivity index (χ1n) is 0.903. The Kier molecular flexibility index (Phi) is 24.8. The van der Waals surface area contributed by atoms with Crippen LogP contribution in [0.25, 0.3) is 0 Å². The quantitative estimate of drug-likeness (QED) is 0.453. The average Bonchev–Trinajstić information content (AvgIpc) is 1.25. The summed E-state index contributed by atoms with van der Waals surface area (Å²) < 4.78 is 35.6. The Bertz CT molecular complexity index is 133. The van der Waals surface area contributed by atoms with Crippen molar-refractivity contribution in [3.05, 3.63) is 0 Å². The fraction of sp³-hybridized carbons (Fsp3) is 0. The maximum absolute atomic E-state index is 8.89. The summed E-state index contributed by atoms with van der Waals surface area (Å²) in [5, 5.41) is 0. The summed E-state index contributed by atoms with van der Waals surface area (Å²) >= 11 is -6.58. The van der Waals surface area contributed by atoms with E-state index in [2.05, 4.69) is 17.8 Å². The van der Waals surface area contributed by atoms with Gasteiger partial charge in [-0.25, -0.2) is 12.3 Å². The van der Waals surface area contributed by atoms with Gasteiger partial charge >= 0.3 is 37.3 Å². The molecule has 0 amide bonds. The van der Waals surface area contributed by atoms with Crippen molar-refractivity contribution in [1.82, 2.24) is 0 Å². The Morgan fingerprint density at radius 2 is 0.778 bits per heavy atom. The molecule has 0 aliphatic heterocycles. The average molecular weight is 412 g/mol. The minimum Gasteiger partial charge on any atom is -0.217 e. The second-order valence-electron chi connectivity index (χ2n) is 0.359. The molecule has 0 aromatic rings. The van der Waals surface area contributed by atoms with Crippen LogP contribution in [0.1, 0.15) is 0 Å². The predicted octanol–water partition coefficient (Wildman–Crippen LogP) is 2.29. The van der Waals surface area contributed by atoms with Gasteiger partial charge in [-0.15, -0.1) is 0 Å². The molecular weight excluding hydrogens is 412 g/mol. The van der Waals surface area contributed by atoms with Gasteiger partial charge in [0.2, 0.25) is 0 Å². The smallest absolute Gasteiger partial charge is 0.217 e. The Morgan fingerprint density at radius 3 is 0.778 bits per heavy atom. The first-order valence-corrected chi connectivity index (χ1v) is 9.89. The molecule has 0 saturated carbocycles. The molecule has 1 radical (unpaired) electrons. The van der Waals surface area contributed by atoms with E-state index in [0.717, 1.165) is 0 Å². The summed E-state index contributed by atoms with van der Waals surface area (Å²) in [4.78, 5) is 0. The van der Waals surface area contributed by atoms with E-state index >= 15 is 0 Å². The number of hydrogen-bond donors (Lipinski definition) is 0. The summed E-state index contributed by atoms with van der Waals surface area (Å²) in [5.74, 6) is 0. The fourth-order valence-electron chi connectivity index (χ4n) is 0.